The molecule has 1 heterocycles. The fraction of sp³-hybridized carbons (Fsp3) is 0.400. The summed E-state index contributed by atoms with van der Waals surface area (Å²) in [7, 11) is 1.47. The van der Waals surface area contributed by atoms with Crippen LogP contribution in [-0.2, 0) is 20.5 Å². The van der Waals surface area contributed by atoms with Gasteiger partial charge >= 0.3 is 18.1 Å². The minimum Gasteiger partial charge on any atom is -0.478 e. The molecule has 0 spiro atoms. The van der Waals surface area contributed by atoms with Crippen LogP contribution in [-0.4, -0.2) is 47.3 Å². The quantitative estimate of drug-likeness (QED) is 0.501. The number of benzene rings is 1. The fourth-order valence-electron chi connectivity index (χ4n) is 3.67. The molecule has 0 saturated carbocycles. The van der Waals surface area contributed by atoms with E-state index in [4.69, 9.17) is 4.74 Å². The molecular formula is C20H21F4NO5. The highest BCUT2D eigenvalue weighted by Gasteiger charge is 2.43. The van der Waals surface area contributed by atoms with Crippen molar-refractivity contribution in [2.75, 3.05) is 20.3 Å². The Morgan fingerprint density at radius 3 is 2.07 bits per heavy atom. The number of methoxy groups -OCH3 is 1. The predicted molar refractivity (Wildman–Crippen MR) is 98.0 cm³/mol. The van der Waals surface area contributed by atoms with Gasteiger partial charge in [-0.05, 0) is 26.3 Å². The summed E-state index contributed by atoms with van der Waals surface area (Å²) in [5.41, 5.74) is -2.98. The molecular weight excluding hydrogens is 410 g/mol. The summed E-state index contributed by atoms with van der Waals surface area (Å²) in [4.78, 5) is 25.5. The highest BCUT2D eigenvalue weighted by molar-refractivity contribution is 5.98. The predicted octanol–water partition coefficient (Wildman–Crippen LogP) is 4.00. The Bertz CT molecular complexity index is 882. The van der Waals surface area contributed by atoms with Crippen LogP contribution in [0.15, 0.2) is 40.7 Å². The largest absolute Gasteiger partial charge is 0.478 e. The van der Waals surface area contributed by atoms with Crippen LogP contribution in [0.2, 0.25) is 0 Å². The van der Waals surface area contributed by atoms with Gasteiger partial charge in [-0.2, -0.15) is 13.2 Å². The Morgan fingerprint density at radius 2 is 1.63 bits per heavy atom. The minimum absolute atomic E-state index is 0.128. The summed E-state index contributed by atoms with van der Waals surface area (Å²) in [6.07, 6.45) is -4.58. The van der Waals surface area contributed by atoms with Gasteiger partial charge < -0.3 is 19.8 Å². The van der Waals surface area contributed by atoms with E-state index in [1.807, 2.05) is 0 Å². The minimum atomic E-state index is -5.02. The summed E-state index contributed by atoms with van der Waals surface area (Å²) >= 11 is 0. The van der Waals surface area contributed by atoms with Crippen LogP contribution in [0.25, 0.3) is 0 Å². The molecule has 0 saturated heterocycles. The zero-order valence-electron chi connectivity index (χ0n) is 16.5. The van der Waals surface area contributed by atoms with Gasteiger partial charge in [-0.15, -0.1) is 0 Å². The third kappa shape index (κ3) is 4.33. The lowest BCUT2D eigenvalue weighted by molar-refractivity contribution is -0.140. The van der Waals surface area contributed by atoms with Gasteiger partial charge in [-0.3, -0.25) is 0 Å². The van der Waals surface area contributed by atoms with Gasteiger partial charge in [0.15, 0.2) is 0 Å². The standard InChI is InChI=1S/C20H21F4NO5/c1-10-14(18(26)27)16(12-6-4-7-13(17(12)21)20(22,23)24)15(19(28)29)11(2)25(10)8-5-9-30-3/h4,6-7,16H,5,8-9H2,1-3H3,(H,26,27)(H,28,29). The molecule has 6 nitrogen and oxygen atoms in total. The Hall–Kier alpha value is -2.88. The van der Waals surface area contributed by atoms with E-state index in [9.17, 15) is 37.4 Å². The van der Waals surface area contributed by atoms with Crippen LogP contribution in [0.5, 0.6) is 0 Å². The molecule has 30 heavy (non-hydrogen) atoms. The number of carboxylic acids is 2. The van der Waals surface area contributed by atoms with Crippen molar-refractivity contribution in [2.45, 2.75) is 32.4 Å². The number of aliphatic carboxylic acids is 2. The zero-order valence-corrected chi connectivity index (χ0v) is 16.5. The van der Waals surface area contributed by atoms with E-state index in [1.54, 1.807) is 0 Å². The van der Waals surface area contributed by atoms with Crippen molar-refractivity contribution in [3.05, 3.63) is 57.7 Å². The van der Waals surface area contributed by atoms with E-state index in [-0.39, 0.29) is 17.9 Å². The molecule has 1 aromatic rings. The molecule has 1 aromatic carbocycles. The van der Waals surface area contributed by atoms with Crippen molar-refractivity contribution in [3.8, 4) is 0 Å². The number of carboxylic acid groups (broad SMARTS) is 2. The van der Waals surface area contributed by atoms with Crippen LogP contribution >= 0.6 is 0 Å². The molecule has 0 aromatic heterocycles. The lowest BCUT2D eigenvalue weighted by atomic mass is 9.79. The van der Waals surface area contributed by atoms with E-state index in [0.29, 0.717) is 19.1 Å². The maximum Gasteiger partial charge on any atom is 0.419 e. The van der Waals surface area contributed by atoms with Crippen molar-refractivity contribution in [1.29, 1.82) is 0 Å². The van der Waals surface area contributed by atoms with Gasteiger partial charge in [0.1, 0.15) is 5.82 Å². The van der Waals surface area contributed by atoms with Gasteiger partial charge in [0.2, 0.25) is 0 Å². The second-order valence-corrected chi connectivity index (χ2v) is 6.75. The highest BCUT2D eigenvalue weighted by atomic mass is 19.4. The first-order chi connectivity index (χ1) is 13.9. The number of rotatable bonds is 7. The van der Waals surface area contributed by atoms with Crippen molar-refractivity contribution >= 4 is 11.9 Å². The van der Waals surface area contributed by atoms with Crippen molar-refractivity contribution in [2.24, 2.45) is 0 Å². The van der Waals surface area contributed by atoms with Gasteiger partial charge in [0.05, 0.1) is 22.6 Å². The Morgan fingerprint density at radius 1 is 1.10 bits per heavy atom. The molecule has 1 aliphatic heterocycles. The lowest BCUT2D eigenvalue weighted by Gasteiger charge is -2.37. The van der Waals surface area contributed by atoms with Gasteiger partial charge in [-0.25, -0.2) is 14.0 Å². The second-order valence-electron chi connectivity index (χ2n) is 6.75. The van der Waals surface area contributed by atoms with E-state index >= 15 is 0 Å². The van der Waals surface area contributed by atoms with Gasteiger partial charge in [-0.1, -0.05) is 12.1 Å². The summed E-state index contributed by atoms with van der Waals surface area (Å²) in [5, 5.41) is 19.5. The molecule has 2 rings (SSSR count). The molecule has 2 N–H and O–H groups in total. The normalized spacial score (nSPS) is 15.8. The van der Waals surface area contributed by atoms with E-state index in [1.165, 1.54) is 25.9 Å². The summed E-state index contributed by atoms with van der Waals surface area (Å²) in [6, 6.07) is 2.42. The van der Waals surface area contributed by atoms with Crippen LogP contribution < -0.4 is 0 Å². The Balaban J connectivity index is 2.77. The zero-order chi connectivity index (χ0) is 22.8. The van der Waals surface area contributed by atoms with Crippen molar-refractivity contribution in [3.63, 3.8) is 0 Å². The van der Waals surface area contributed by atoms with Crippen molar-refractivity contribution < 1.29 is 42.1 Å². The molecule has 0 radical (unpaired) electrons. The van der Waals surface area contributed by atoms with Gasteiger partial charge in [0.25, 0.3) is 0 Å². The molecule has 0 unspecified atom stereocenters. The number of halogens is 4. The average molecular weight is 431 g/mol. The van der Waals surface area contributed by atoms with Crippen LogP contribution in [0.4, 0.5) is 17.6 Å². The van der Waals surface area contributed by atoms with Crippen LogP contribution in [0.1, 0.15) is 37.3 Å². The first kappa shape index (κ1) is 23.4. The Kier molecular flexibility index (Phi) is 6.91. The van der Waals surface area contributed by atoms with Crippen molar-refractivity contribution in [1.82, 2.24) is 4.90 Å². The number of hydrogen-bond donors (Lipinski definition) is 2. The lowest BCUT2D eigenvalue weighted by Crippen LogP contribution is -2.35. The Labute approximate surface area is 170 Å². The average Bonchev–Trinajstić information content (AvgIpc) is 2.62. The number of hydrogen-bond acceptors (Lipinski definition) is 4. The summed E-state index contributed by atoms with van der Waals surface area (Å²) in [5.74, 6) is -6.49. The summed E-state index contributed by atoms with van der Waals surface area (Å²) in [6.45, 7) is 3.37. The first-order valence-electron chi connectivity index (χ1n) is 8.93. The third-order valence-electron chi connectivity index (χ3n) is 5.00. The first-order valence-corrected chi connectivity index (χ1v) is 8.93. The summed E-state index contributed by atoms with van der Waals surface area (Å²) < 4.78 is 59.3. The molecule has 1 aliphatic rings. The third-order valence-corrected chi connectivity index (χ3v) is 5.00. The molecule has 164 valence electrons. The number of nitrogens with zero attached hydrogens (tertiary/aromatic N) is 1. The molecule has 0 atom stereocenters. The smallest absolute Gasteiger partial charge is 0.419 e. The molecule has 0 aliphatic carbocycles. The SMILES string of the molecule is COCCCN1C(C)=C(C(=O)O)C(c2cccc(C(F)(F)F)c2F)C(C(=O)O)=C1C. The number of alkyl halides is 3. The number of carbonyl (C=O) groups is 2. The molecule has 0 amide bonds. The van der Waals surface area contributed by atoms with Gasteiger partial charge in [0, 0.05) is 37.2 Å². The van der Waals surface area contributed by atoms with Crippen LogP contribution in [0, 0.1) is 5.82 Å². The molecule has 0 fully saturated rings. The topological polar surface area (TPSA) is 87.1 Å². The maximum atomic E-state index is 14.8. The van der Waals surface area contributed by atoms with E-state index in [2.05, 4.69) is 0 Å². The number of ether oxygens (including phenoxy) is 1. The monoisotopic (exact) mass is 431 g/mol. The second kappa shape index (κ2) is 8.86. The molecule has 0 bridgehead atoms. The maximum absolute atomic E-state index is 14.8. The van der Waals surface area contributed by atoms with E-state index < -0.39 is 52.1 Å². The fourth-order valence-corrected chi connectivity index (χ4v) is 3.67. The highest BCUT2D eigenvalue weighted by Crippen LogP contribution is 2.44. The number of allylic oxidation sites excluding steroid dienone is 2. The molecule has 10 heteroatoms. The van der Waals surface area contributed by atoms with Crippen LogP contribution in [0.3, 0.4) is 0 Å². The van der Waals surface area contributed by atoms with E-state index in [0.717, 1.165) is 12.1 Å².